The van der Waals surface area contributed by atoms with Gasteiger partial charge in [0.05, 0.1) is 22.8 Å². The maximum absolute atomic E-state index is 13.2. The molecule has 0 radical (unpaired) electrons. The molecule has 160 valence electrons. The first-order chi connectivity index (χ1) is 16.0. The van der Waals surface area contributed by atoms with Crippen molar-refractivity contribution in [3.8, 4) is 35.4 Å². The third-order valence-electron chi connectivity index (χ3n) is 5.32. The van der Waals surface area contributed by atoms with Gasteiger partial charge in [-0.3, -0.25) is 4.79 Å². The maximum Gasteiger partial charge on any atom is 0.230 e. The van der Waals surface area contributed by atoms with Crippen molar-refractivity contribution in [1.82, 2.24) is 9.97 Å². The lowest BCUT2D eigenvalue weighted by molar-refractivity contribution is 0.103. The number of fused-ring (bicyclic) bond motifs is 1. The summed E-state index contributed by atoms with van der Waals surface area (Å²) < 4.78 is 5.59. The average Bonchev–Trinajstić information content (AvgIpc) is 2.86. The highest BCUT2D eigenvalue weighted by molar-refractivity contribution is 6.08. The number of hydrogen-bond donors (Lipinski definition) is 0. The van der Waals surface area contributed by atoms with Crippen LogP contribution in [-0.4, -0.2) is 22.4 Å². The molecule has 0 N–H and O–H groups in total. The van der Waals surface area contributed by atoms with Crippen LogP contribution in [0.2, 0.25) is 0 Å². The van der Waals surface area contributed by atoms with E-state index in [1.54, 1.807) is 36.4 Å². The number of carbonyl (C=O) groups excluding carboxylic acids is 1. The minimum atomic E-state index is -0.311. The Morgan fingerprint density at radius 3 is 2.39 bits per heavy atom. The Kier molecular flexibility index (Phi) is 6.15. The third-order valence-corrected chi connectivity index (χ3v) is 5.32. The smallest absolute Gasteiger partial charge is 0.230 e. The van der Waals surface area contributed by atoms with E-state index in [1.165, 1.54) is 5.56 Å². The summed E-state index contributed by atoms with van der Waals surface area (Å²) in [6.07, 6.45) is 5.32. The first-order valence-electron chi connectivity index (χ1n) is 10.5. The molecule has 4 rings (SSSR count). The predicted octanol–water partition coefficient (Wildman–Crippen LogP) is 5.53. The minimum absolute atomic E-state index is 0.0902. The van der Waals surface area contributed by atoms with E-state index in [2.05, 4.69) is 47.9 Å². The van der Waals surface area contributed by atoms with Crippen molar-refractivity contribution < 1.29 is 9.53 Å². The molecule has 0 atom stereocenters. The van der Waals surface area contributed by atoms with Gasteiger partial charge in [0, 0.05) is 16.5 Å². The van der Waals surface area contributed by atoms with Crippen LogP contribution in [0.1, 0.15) is 47.1 Å². The minimum Gasteiger partial charge on any atom is -0.481 e. The van der Waals surface area contributed by atoms with Crippen molar-refractivity contribution >= 4 is 16.7 Å². The first-order valence-corrected chi connectivity index (χ1v) is 10.5. The van der Waals surface area contributed by atoms with E-state index in [1.807, 2.05) is 18.2 Å². The number of aromatic nitrogens is 2. The zero-order valence-electron chi connectivity index (χ0n) is 18.4. The molecule has 5 nitrogen and oxygen atoms in total. The molecule has 0 saturated carbocycles. The normalized spacial score (nSPS) is 10.6. The molecule has 1 heterocycles. The Hall–Kier alpha value is -4.48. The monoisotopic (exact) mass is 431 g/mol. The van der Waals surface area contributed by atoms with E-state index in [9.17, 15) is 4.79 Å². The van der Waals surface area contributed by atoms with Crippen molar-refractivity contribution in [2.75, 3.05) is 6.61 Å². The Morgan fingerprint density at radius 2 is 1.76 bits per heavy atom. The van der Waals surface area contributed by atoms with Crippen molar-refractivity contribution in [1.29, 1.82) is 5.26 Å². The van der Waals surface area contributed by atoms with Crippen LogP contribution in [0, 0.1) is 23.7 Å². The van der Waals surface area contributed by atoms with E-state index in [0.29, 0.717) is 34.0 Å². The summed E-state index contributed by atoms with van der Waals surface area (Å²) in [4.78, 5) is 22.4. The van der Waals surface area contributed by atoms with Gasteiger partial charge >= 0.3 is 0 Å². The topological polar surface area (TPSA) is 75.9 Å². The number of rotatable bonds is 6. The Balaban J connectivity index is 1.86. The van der Waals surface area contributed by atoms with E-state index in [0.717, 1.165) is 10.9 Å². The van der Waals surface area contributed by atoms with E-state index in [4.69, 9.17) is 16.4 Å². The highest BCUT2D eigenvalue weighted by atomic mass is 16.5. The second-order valence-corrected chi connectivity index (χ2v) is 7.86. The molecule has 5 heteroatoms. The van der Waals surface area contributed by atoms with Crippen molar-refractivity contribution in [2.45, 2.75) is 19.8 Å². The number of nitriles is 1. The lowest BCUT2D eigenvalue weighted by Crippen LogP contribution is -2.09. The molecule has 0 fully saturated rings. The number of ketones is 1. The van der Waals surface area contributed by atoms with Crippen molar-refractivity contribution in [3.05, 3.63) is 89.2 Å². The molecular formula is C28H21N3O2. The van der Waals surface area contributed by atoms with Crippen LogP contribution in [0.3, 0.4) is 0 Å². The molecule has 1 aromatic heterocycles. The molecular weight excluding hydrogens is 410 g/mol. The first kappa shape index (κ1) is 21.7. The lowest BCUT2D eigenvalue weighted by Gasteiger charge is -2.12. The second-order valence-electron chi connectivity index (χ2n) is 7.86. The zero-order chi connectivity index (χ0) is 23.4. The highest BCUT2D eigenvalue weighted by Crippen LogP contribution is 2.30. The standard InChI is InChI=1S/C28H21N3O2/c1-4-15-33-23-13-14-25-24(16-23)26(21-11-9-20(10-12-21)18(2)3)31-28(30-25)27(32)22-7-5-19(17-29)6-8-22/h1,5-14,16,18H,15H2,2-3H3. The van der Waals surface area contributed by atoms with Gasteiger partial charge in [-0.05, 0) is 53.9 Å². The fraction of sp³-hybridized carbons (Fsp3) is 0.143. The van der Waals surface area contributed by atoms with Gasteiger partial charge in [0.1, 0.15) is 12.4 Å². The summed E-state index contributed by atoms with van der Waals surface area (Å²) in [7, 11) is 0. The van der Waals surface area contributed by atoms with Crippen molar-refractivity contribution in [2.24, 2.45) is 0 Å². The highest BCUT2D eigenvalue weighted by Gasteiger charge is 2.18. The maximum atomic E-state index is 13.2. The summed E-state index contributed by atoms with van der Waals surface area (Å²) in [6, 6.07) is 22.0. The van der Waals surface area contributed by atoms with Gasteiger partial charge in [0.25, 0.3) is 0 Å². The number of carbonyl (C=O) groups is 1. The fourth-order valence-corrected chi connectivity index (χ4v) is 3.50. The van der Waals surface area contributed by atoms with Gasteiger partial charge in [0.2, 0.25) is 11.6 Å². The molecule has 3 aromatic carbocycles. The van der Waals surface area contributed by atoms with Gasteiger partial charge in [0.15, 0.2) is 0 Å². The predicted molar refractivity (Wildman–Crippen MR) is 128 cm³/mol. The average molecular weight is 431 g/mol. The van der Waals surface area contributed by atoms with E-state index < -0.39 is 0 Å². The third kappa shape index (κ3) is 4.59. The van der Waals surface area contributed by atoms with Crippen LogP contribution < -0.4 is 4.74 Å². The summed E-state index contributed by atoms with van der Waals surface area (Å²) in [5.41, 5.74) is 4.25. The molecule has 0 spiro atoms. The fourth-order valence-electron chi connectivity index (χ4n) is 3.50. The second kappa shape index (κ2) is 9.34. The molecule has 0 bridgehead atoms. The molecule has 4 aromatic rings. The van der Waals surface area contributed by atoms with E-state index in [-0.39, 0.29) is 18.2 Å². The Labute approximate surface area is 192 Å². The van der Waals surface area contributed by atoms with Crippen LogP contribution in [0.5, 0.6) is 5.75 Å². The number of hydrogen-bond acceptors (Lipinski definition) is 5. The number of ether oxygens (including phenoxy) is 1. The molecule has 0 aliphatic heterocycles. The molecule has 0 amide bonds. The summed E-state index contributed by atoms with van der Waals surface area (Å²) in [6.45, 7) is 4.43. The molecule has 33 heavy (non-hydrogen) atoms. The number of benzene rings is 3. The Bertz CT molecular complexity index is 1410. The molecule has 0 saturated heterocycles. The quantitative estimate of drug-likeness (QED) is 0.296. The summed E-state index contributed by atoms with van der Waals surface area (Å²) in [5, 5.41) is 9.78. The van der Waals surface area contributed by atoms with Crippen LogP contribution in [-0.2, 0) is 0 Å². The van der Waals surface area contributed by atoms with Gasteiger partial charge in [-0.1, -0.05) is 44.0 Å². The molecule has 0 aliphatic rings. The van der Waals surface area contributed by atoms with Crippen LogP contribution in [0.4, 0.5) is 0 Å². The number of nitrogens with zero attached hydrogens (tertiary/aromatic N) is 3. The summed E-state index contributed by atoms with van der Waals surface area (Å²) in [5.74, 6) is 3.25. The SMILES string of the molecule is C#CCOc1ccc2nc(C(=O)c3ccc(C#N)cc3)nc(-c3ccc(C(C)C)cc3)c2c1. The Morgan fingerprint density at radius 1 is 1.03 bits per heavy atom. The van der Waals surface area contributed by atoms with Crippen LogP contribution in [0.25, 0.3) is 22.2 Å². The van der Waals surface area contributed by atoms with Crippen LogP contribution in [0.15, 0.2) is 66.7 Å². The van der Waals surface area contributed by atoms with Crippen molar-refractivity contribution in [3.63, 3.8) is 0 Å². The summed E-state index contributed by atoms with van der Waals surface area (Å²) >= 11 is 0. The number of terminal acetylenes is 1. The van der Waals surface area contributed by atoms with E-state index >= 15 is 0 Å². The molecule has 0 unspecified atom stereocenters. The van der Waals surface area contributed by atoms with Gasteiger partial charge < -0.3 is 4.74 Å². The molecule has 0 aliphatic carbocycles. The van der Waals surface area contributed by atoms with Gasteiger partial charge in [-0.15, -0.1) is 6.42 Å². The van der Waals surface area contributed by atoms with Gasteiger partial charge in [-0.2, -0.15) is 5.26 Å². The largest absolute Gasteiger partial charge is 0.481 e. The van der Waals surface area contributed by atoms with Crippen LogP contribution >= 0.6 is 0 Å². The zero-order valence-corrected chi connectivity index (χ0v) is 18.4. The lowest BCUT2D eigenvalue weighted by atomic mass is 9.99. The van der Waals surface area contributed by atoms with Gasteiger partial charge in [-0.25, -0.2) is 9.97 Å².